The summed E-state index contributed by atoms with van der Waals surface area (Å²) in [5.41, 5.74) is 0. The van der Waals surface area contributed by atoms with Crippen LogP contribution in [0.2, 0.25) is 0 Å². The van der Waals surface area contributed by atoms with Crippen molar-refractivity contribution < 1.29 is 19.7 Å². The number of unbranched alkanes of at least 4 members (excludes halogenated alkanes) is 7. The minimum Gasteiger partial charge on any atom is -0.391 e. The van der Waals surface area contributed by atoms with E-state index in [1.54, 1.807) is 0 Å². The third-order valence-corrected chi connectivity index (χ3v) is 3.87. The summed E-state index contributed by atoms with van der Waals surface area (Å²) in [6, 6.07) is 0. The van der Waals surface area contributed by atoms with Crippen molar-refractivity contribution in [2.24, 2.45) is 0 Å². The minimum absolute atomic E-state index is 0.261. The molecule has 0 aliphatic carbocycles. The van der Waals surface area contributed by atoms with Crippen LogP contribution in [0.5, 0.6) is 0 Å². The molecule has 1 rings (SSSR count). The van der Waals surface area contributed by atoms with Gasteiger partial charge in [-0.25, -0.2) is 0 Å². The lowest BCUT2D eigenvalue weighted by Crippen LogP contribution is -2.30. The average molecular weight is 288 g/mol. The fraction of sp³-hybridized carbons (Fsp3) is 1.00. The van der Waals surface area contributed by atoms with Crippen LogP contribution in [-0.4, -0.2) is 48.3 Å². The first-order valence-electron chi connectivity index (χ1n) is 8.29. The van der Waals surface area contributed by atoms with E-state index in [0.717, 1.165) is 6.42 Å². The molecule has 0 aromatic heterocycles. The molecule has 2 N–H and O–H groups in total. The Labute approximate surface area is 123 Å². The molecule has 0 bridgehead atoms. The molecule has 1 heterocycles. The first kappa shape index (κ1) is 17.9. The maximum absolute atomic E-state index is 9.83. The van der Waals surface area contributed by atoms with Gasteiger partial charge in [0.15, 0.2) is 0 Å². The van der Waals surface area contributed by atoms with Gasteiger partial charge in [0.1, 0.15) is 6.10 Å². The van der Waals surface area contributed by atoms with Gasteiger partial charge < -0.3 is 19.7 Å². The topological polar surface area (TPSA) is 58.9 Å². The molecule has 4 nitrogen and oxygen atoms in total. The molecular formula is C16H32O4. The highest BCUT2D eigenvalue weighted by atomic mass is 16.5. The van der Waals surface area contributed by atoms with Crippen LogP contribution in [0, 0.1) is 0 Å². The molecule has 4 heteroatoms. The second-order valence-electron chi connectivity index (χ2n) is 5.88. The van der Waals surface area contributed by atoms with Crippen molar-refractivity contribution >= 4 is 0 Å². The van der Waals surface area contributed by atoms with E-state index in [1.165, 1.54) is 44.9 Å². The van der Waals surface area contributed by atoms with Gasteiger partial charge in [-0.1, -0.05) is 51.9 Å². The van der Waals surface area contributed by atoms with Crippen LogP contribution in [0.3, 0.4) is 0 Å². The minimum atomic E-state index is -0.610. The van der Waals surface area contributed by atoms with E-state index in [1.807, 2.05) is 0 Å². The van der Waals surface area contributed by atoms with E-state index < -0.39 is 12.2 Å². The van der Waals surface area contributed by atoms with E-state index >= 15 is 0 Å². The molecule has 1 fully saturated rings. The van der Waals surface area contributed by atoms with Crippen molar-refractivity contribution in [3.05, 3.63) is 0 Å². The summed E-state index contributed by atoms with van der Waals surface area (Å²) in [6.45, 7) is 3.60. The molecule has 1 aliphatic heterocycles. The third kappa shape index (κ3) is 8.20. The molecule has 1 aliphatic rings. The molecule has 0 aromatic carbocycles. The fourth-order valence-corrected chi connectivity index (χ4v) is 2.56. The van der Waals surface area contributed by atoms with Gasteiger partial charge in [0.05, 0.1) is 25.4 Å². The summed E-state index contributed by atoms with van der Waals surface area (Å²) in [4.78, 5) is 0. The number of hydrogen-bond acceptors (Lipinski definition) is 4. The van der Waals surface area contributed by atoms with E-state index in [9.17, 15) is 10.2 Å². The van der Waals surface area contributed by atoms with Gasteiger partial charge in [0.2, 0.25) is 0 Å². The summed E-state index contributed by atoms with van der Waals surface area (Å²) in [5.74, 6) is 0. The molecule has 0 saturated carbocycles. The maximum Gasteiger partial charge on any atom is 0.104 e. The standard InChI is InChI=1S/C16H32O4/c1-2-3-4-5-6-7-8-9-10-19-13-15(18)16-11-14(17)12-20-16/h14-18H,2-13H2,1H3/t14-,15?,16?/m0/s1. The van der Waals surface area contributed by atoms with E-state index in [0.29, 0.717) is 26.2 Å². The highest BCUT2D eigenvalue weighted by molar-refractivity contribution is 4.78. The molecule has 0 aromatic rings. The van der Waals surface area contributed by atoms with Crippen LogP contribution in [0.4, 0.5) is 0 Å². The zero-order valence-corrected chi connectivity index (χ0v) is 12.9. The number of aliphatic hydroxyl groups excluding tert-OH is 2. The highest BCUT2D eigenvalue weighted by Crippen LogP contribution is 2.16. The molecular weight excluding hydrogens is 256 g/mol. The Morgan fingerprint density at radius 2 is 1.75 bits per heavy atom. The smallest absolute Gasteiger partial charge is 0.104 e. The fourth-order valence-electron chi connectivity index (χ4n) is 2.56. The van der Waals surface area contributed by atoms with Gasteiger partial charge in [-0.05, 0) is 6.42 Å². The Morgan fingerprint density at radius 1 is 1.10 bits per heavy atom. The molecule has 0 amide bonds. The lowest BCUT2D eigenvalue weighted by molar-refractivity contribution is -0.0488. The van der Waals surface area contributed by atoms with Gasteiger partial charge >= 0.3 is 0 Å². The number of ether oxygens (including phenoxy) is 2. The normalized spacial score (nSPS) is 24.1. The molecule has 1 saturated heterocycles. The number of aliphatic hydroxyl groups is 2. The van der Waals surface area contributed by atoms with Crippen molar-refractivity contribution in [2.75, 3.05) is 19.8 Å². The van der Waals surface area contributed by atoms with Gasteiger partial charge in [-0.3, -0.25) is 0 Å². The van der Waals surface area contributed by atoms with Crippen molar-refractivity contribution in [3.63, 3.8) is 0 Å². The first-order chi connectivity index (χ1) is 9.74. The molecule has 3 atom stereocenters. The Hall–Kier alpha value is -0.160. The SMILES string of the molecule is CCCCCCCCCCOCC(O)C1C[C@H](O)CO1. The monoisotopic (exact) mass is 288 g/mol. The summed E-state index contributed by atoms with van der Waals surface area (Å²) in [6.07, 6.45) is 9.49. The van der Waals surface area contributed by atoms with Crippen LogP contribution in [0.15, 0.2) is 0 Å². The van der Waals surface area contributed by atoms with E-state index in [-0.39, 0.29) is 6.10 Å². The highest BCUT2D eigenvalue weighted by Gasteiger charge is 2.29. The largest absolute Gasteiger partial charge is 0.391 e. The van der Waals surface area contributed by atoms with E-state index in [4.69, 9.17) is 9.47 Å². The first-order valence-corrected chi connectivity index (χ1v) is 8.29. The van der Waals surface area contributed by atoms with E-state index in [2.05, 4.69) is 6.92 Å². The number of rotatable bonds is 12. The molecule has 0 spiro atoms. The molecule has 2 unspecified atom stereocenters. The van der Waals surface area contributed by atoms with Gasteiger partial charge in [0, 0.05) is 13.0 Å². The Balaban J connectivity index is 1.82. The quantitative estimate of drug-likeness (QED) is 0.542. The van der Waals surface area contributed by atoms with Crippen LogP contribution in [-0.2, 0) is 9.47 Å². The summed E-state index contributed by atoms with van der Waals surface area (Å²) < 4.78 is 10.8. The van der Waals surface area contributed by atoms with Crippen LogP contribution in [0.1, 0.15) is 64.7 Å². The van der Waals surface area contributed by atoms with Crippen molar-refractivity contribution in [1.29, 1.82) is 0 Å². The van der Waals surface area contributed by atoms with Crippen LogP contribution >= 0.6 is 0 Å². The number of hydrogen-bond donors (Lipinski definition) is 2. The lowest BCUT2D eigenvalue weighted by atomic mass is 10.1. The van der Waals surface area contributed by atoms with Crippen LogP contribution < -0.4 is 0 Å². The Morgan fingerprint density at radius 3 is 2.35 bits per heavy atom. The third-order valence-electron chi connectivity index (χ3n) is 3.87. The predicted octanol–water partition coefficient (Wildman–Crippen LogP) is 2.65. The Bertz CT molecular complexity index is 223. The average Bonchev–Trinajstić information content (AvgIpc) is 2.87. The summed E-state index contributed by atoms with van der Waals surface area (Å²) in [7, 11) is 0. The lowest BCUT2D eigenvalue weighted by Gasteiger charge is -2.17. The van der Waals surface area contributed by atoms with Gasteiger partial charge in [-0.2, -0.15) is 0 Å². The van der Waals surface area contributed by atoms with Crippen molar-refractivity contribution in [3.8, 4) is 0 Å². The zero-order chi connectivity index (χ0) is 14.6. The maximum atomic E-state index is 9.83. The summed E-state index contributed by atoms with van der Waals surface area (Å²) >= 11 is 0. The second-order valence-corrected chi connectivity index (χ2v) is 5.88. The second kappa shape index (κ2) is 11.5. The Kier molecular flexibility index (Phi) is 10.3. The van der Waals surface area contributed by atoms with Crippen molar-refractivity contribution in [1.82, 2.24) is 0 Å². The molecule has 120 valence electrons. The van der Waals surface area contributed by atoms with Gasteiger partial charge in [-0.15, -0.1) is 0 Å². The molecule has 20 heavy (non-hydrogen) atoms. The summed E-state index contributed by atoms with van der Waals surface area (Å²) in [5, 5.41) is 19.1. The zero-order valence-electron chi connectivity index (χ0n) is 12.9. The van der Waals surface area contributed by atoms with Crippen LogP contribution in [0.25, 0.3) is 0 Å². The predicted molar refractivity (Wildman–Crippen MR) is 79.8 cm³/mol. The van der Waals surface area contributed by atoms with Gasteiger partial charge in [0.25, 0.3) is 0 Å². The van der Waals surface area contributed by atoms with Crippen molar-refractivity contribution in [2.45, 2.75) is 83.0 Å². The molecule has 0 radical (unpaired) electrons.